The molecule has 0 spiro atoms. The number of hydrogen-bond acceptors (Lipinski definition) is 2. The minimum atomic E-state index is 0.961. The van der Waals surface area contributed by atoms with Crippen molar-refractivity contribution < 1.29 is 0 Å². The first-order valence-corrected chi connectivity index (χ1v) is 4.36. The lowest BCUT2D eigenvalue weighted by Gasteiger charge is -1.99. The Morgan fingerprint density at radius 2 is 2.30 bits per heavy atom. The van der Waals surface area contributed by atoms with Crippen molar-refractivity contribution in [3.63, 3.8) is 0 Å². The topological polar surface area (TPSA) is 26.0 Å². The highest BCUT2D eigenvalue weighted by Crippen LogP contribution is 2.34. The van der Waals surface area contributed by atoms with E-state index >= 15 is 0 Å². The summed E-state index contributed by atoms with van der Waals surface area (Å²) in [5.41, 5.74) is 8.07. The molecule has 1 heterocycles. The van der Waals surface area contributed by atoms with Crippen molar-refractivity contribution in [2.24, 2.45) is 0 Å². The summed E-state index contributed by atoms with van der Waals surface area (Å²) in [6.07, 6.45) is 1.15. The fraction of sp³-hybridized carbons (Fsp3) is 0.250. The maximum Gasteiger partial charge on any atom is 0.0358 e. The van der Waals surface area contributed by atoms with E-state index in [1.54, 1.807) is 0 Å². The van der Waals surface area contributed by atoms with Crippen molar-refractivity contribution in [2.45, 2.75) is 11.3 Å². The predicted octanol–water partition coefficient (Wildman–Crippen LogP) is 1.92. The van der Waals surface area contributed by atoms with Crippen LogP contribution in [-0.4, -0.2) is 5.75 Å². The van der Waals surface area contributed by atoms with Crippen molar-refractivity contribution >= 4 is 17.4 Å². The van der Waals surface area contributed by atoms with Crippen LogP contribution in [0.1, 0.15) is 5.56 Å². The van der Waals surface area contributed by atoms with Crippen LogP contribution in [0, 0.1) is 0 Å². The first-order valence-electron chi connectivity index (χ1n) is 3.38. The highest BCUT2D eigenvalue weighted by atomic mass is 32.2. The maximum absolute atomic E-state index is 5.76. The molecule has 0 aromatic heterocycles. The number of rotatable bonds is 0. The summed E-state index contributed by atoms with van der Waals surface area (Å²) in [6, 6.07) is 6.14. The molecule has 1 aromatic rings. The number of anilines is 1. The zero-order chi connectivity index (χ0) is 6.97. The molecule has 2 N–H and O–H groups in total. The van der Waals surface area contributed by atoms with E-state index in [0.29, 0.717) is 0 Å². The van der Waals surface area contributed by atoms with Gasteiger partial charge in [0.2, 0.25) is 0 Å². The average molecular weight is 151 g/mol. The predicted molar refractivity (Wildman–Crippen MR) is 45.3 cm³/mol. The van der Waals surface area contributed by atoms with Gasteiger partial charge in [0.05, 0.1) is 0 Å². The van der Waals surface area contributed by atoms with Crippen LogP contribution in [0.3, 0.4) is 0 Å². The third kappa shape index (κ3) is 0.797. The molecule has 1 aromatic carbocycles. The third-order valence-electron chi connectivity index (χ3n) is 1.78. The van der Waals surface area contributed by atoms with Crippen LogP contribution < -0.4 is 5.73 Å². The van der Waals surface area contributed by atoms with Crippen LogP contribution in [0.25, 0.3) is 0 Å². The molecular weight excluding hydrogens is 142 g/mol. The summed E-state index contributed by atoms with van der Waals surface area (Å²) in [7, 11) is 0. The second-order valence-corrected chi connectivity index (χ2v) is 3.56. The van der Waals surface area contributed by atoms with Gasteiger partial charge in [-0.1, -0.05) is 6.07 Å². The Bertz CT molecular complexity index is 257. The van der Waals surface area contributed by atoms with E-state index in [-0.39, 0.29) is 0 Å². The van der Waals surface area contributed by atoms with Gasteiger partial charge in [-0.2, -0.15) is 0 Å². The molecular formula is C8H9NS. The number of nitrogen functional groups attached to an aromatic ring is 1. The van der Waals surface area contributed by atoms with E-state index in [2.05, 4.69) is 6.07 Å². The summed E-state index contributed by atoms with van der Waals surface area (Å²) >= 11 is 1.90. The van der Waals surface area contributed by atoms with Gasteiger partial charge in [0.25, 0.3) is 0 Å². The highest BCUT2D eigenvalue weighted by molar-refractivity contribution is 7.99. The molecule has 1 aliphatic heterocycles. The number of hydrogen-bond donors (Lipinski definition) is 1. The molecule has 0 saturated carbocycles. The van der Waals surface area contributed by atoms with E-state index in [4.69, 9.17) is 5.73 Å². The molecule has 0 saturated heterocycles. The van der Waals surface area contributed by atoms with Crippen molar-refractivity contribution in [2.75, 3.05) is 11.5 Å². The molecule has 0 bridgehead atoms. The molecule has 0 radical (unpaired) electrons. The van der Waals surface area contributed by atoms with Gasteiger partial charge in [-0.15, -0.1) is 11.8 Å². The van der Waals surface area contributed by atoms with Gasteiger partial charge in [-0.05, 0) is 24.1 Å². The van der Waals surface area contributed by atoms with Gasteiger partial charge in [-0.3, -0.25) is 0 Å². The summed E-state index contributed by atoms with van der Waals surface area (Å²) in [4.78, 5) is 1.38. The summed E-state index contributed by atoms with van der Waals surface area (Å²) < 4.78 is 0. The van der Waals surface area contributed by atoms with Gasteiger partial charge in [0, 0.05) is 16.3 Å². The van der Waals surface area contributed by atoms with E-state index in [1.165, 1.54) is 16.2 Å². The first kappa shape index (κ1) is 6.10. The molecule has 0 fully saturated rings. The van der Waals surface area contributed by atoms with Gasteiger partial charge in [-0.25, -0.2) is 0 Å². The molecule has 1 nitrogen and oxygen atoms in total. The van der Waals surface area contributed by atoms with Crippen molar-refractivity contribution in [3.8, 4) is 0 Å². The molecule has 1 aliphatic rings. The van der Waals surface area contributed by atoms with Crippen LogP contribution in [0.4, 0.5) is 5.69 Å². The fourth-order valence-electron chi connectivity index (χ4n) is 1.25. The molecule has 0 unspecified atom stereocenters. The number of thioether (sulfide) groups is 1. The van der Waals surface area contributed by atoms with Crippen LogP contribution in [0.2, 0.25) is 0 Å². The lowest BCUT2D eigenvalue weighted by molar-refractivity contribution is 1.15. The van der Waals surface area contributed by atoms with Crippen LogP contribution >= 0.6 is 11.8 Å². The molecule has 2 heteroatoms. The van der Waals surface area contributed by atoms with Gasteiger partial charge < -0.3 is 5.73 Å². The third-order valence-corrected chi connectivity index (χ3v) is 2.88. The largest absolute Gasteiger partial charge is 0.398 e. The van der Waals surface area contributed by atoms with Crippen LogP contribution in [-0.2, 0) is 6.42 Å². The fourth-order valence-corrected chi connectivity index (χ4v) is 2.34. The van der Waals surface area contributed by atoms with Crippen LogP contribution in [0.15, 0.2) is 23.1 Å². The Kier molecular flexibility index (Phi) is 1.34. The van der Waals surface area contributed by atoms with Crippen molar-refractivity contribution in [1.82, 2.24) is 0 Å². The highest BCUT2D eigenvalue weighted by Gasteiger charge is 2.12. The Morgan fingerprint density at radius 3 is 3.10 bits per heavy atom. The monoisotopic (exact) mass is 151 g/mol. The minimum absolute atomic E-state index is 0.961. The van der Waals surface area contributed by atoms with E-state index in [1.807, 2.05) is 23.9 Å². The van der Waals surface area contributed by atoms with Gasteiger partial charge in [0.1, 0.15) is 0 Å². The Labute approximate surface area is 64.6 Å². The molecule has 0 aliphatic carbocycles. The van der Waals surface area contributed by atoms with Gasteiger partial charge >= 0.3 is 0 Å². The molecule has 2 rings (SSSR count). The van der Waals surface area contributed by atoms with E-state index in [0.717, 1.165) is 12.1 Å². The Hall–Kier alpha value is -0.630. The van der Waals surface area contributed by atoms with E-state index < -0.39 is 0 Å². The summed E-state index contributed by atoms with van der Waals surface area (Å²) in [5, 5.41) is 0. The Morgan fingerprint density at radius 1 is 1.40 bits per heavy atom. The lowest BCUT2D eigenvalue weighted by Crippen LogP contribution is -1.91. The SMILES string of the molecule is Nc1cccc2c1CCS2. The van der Waals surface area contributed by atoms with E-state index in [9.17, 15) is 0 Å². The second kappa shape index (κ2) is 2.20. The van der Waals surface area contributed by atoms with Crippen molar-refractivity contribution in [3.05, 3.63) is 23.8 Å². The molecule has 0 atom stereocenters. The zero-order valence-corrected chi connectivity index (χ0v) is 6.45. The standard InChI is InChI=1S/C8H9NS/c9-7-2-1-3-8-6(7)4-5-10-8/h1-3H,4-5,9H2. The Balaban J connectivity index is 2.59. The zero-order valence-electron chi connectivity index (χ0n) is 5.63. The number of nitrogens with two attached hydrogens (primary N) is 1. The molecule has 10 heavy (non-hydrogen) atoms. The minimum Gasteiger partial charge on any atom is -0.398 e. The lowest BCUT2D eigenvalue weighted by atomic mass is 10.1. The van der Waals surface area contributed by atoms with Crippen molar-refractivity contribution in [1.29, 1.82) is 0 Å². The quantitative estimate of drug-likeness (QED) is 0.573. The first-order chi connectivity index (χ1) is 4.88. The maximum atomic E-state index is 5.76. The summed E-state index contributed by atoms with van der Waals surface area (Å²) in [5.74, 6) is 1.20. The van der Waals surface area contributed by atoms with Gasteiger partial charge in [0.15, 0.2) is 0 Å². The normalized spacial score (nSPS) is 15.2. The molecule has 52 valence electrons. The average Bonchev–Trinajstić information content (AvgIpc) is 2.36. The molecule has 0 amide bonds. The summed E-state index contributed by atoms with van der Waals surface area (Å²) in [6.45, 7) is 0. The number of fused-ring (bicyclic) bond motifs is 1. The van der Waals surface area contributed by atoms with Crippen LogP contribution in [0.5, 0.6) is 0 Å². The smallest absolute Gasteiger partial charge is 0.0358 e. The second-order valence-electron chi connectivity index (χ2n) is 2.42. The number of benzene rings is 1.